The maximum absolute atomic E-state index is 12.5. The molecule has 0 aromatic heterocycles. The molecule has 0 atom stereocenters. The molecular weight excluding hydrogens is 189 g/mol. The SMILES string of the molecule is Cc1cc2c(cc1C(F)(F)F)CCC2. The van der Waals surface area contributed by atoms with Crippen LogP contribution < -0.4 is 0 Å². The van der Waals surface area contributed by atoms with Crippen LogP contribution in [-0.2, 0) is 19.0 Å². The second kappa shape index (κ2) is 3.01. The van der Waals surface area contributed by atoms with Gasteiger partial charge in [-0.1, -0.05) is 6.07 Å². The first-order chi connectivity index (χ1) is 6.48. The predicted molar refractivity (Wildman–Crippen MR) is 48.2 cm³/mol. The molecule has 1 aromatic rings. The number of alkyl halides is 3. The first-order valence-corrected chi connectivity index (χ1v) is 4.68. The van der Waals surface area contributed by atoms with Crippen molar-refractivity contribution in [2.75, 3.05) is 0 Å². The number of hydrogen-bond donors (Lipinski definition) is 0. The Bertz CT molecular complexity index is 364. The normalized spacial score (nSPS) is 15.7. The third-order valence-electron chi connectivity index (χ3n) is 2.74. The van der Waals surface area contributed by atoms with Gasteiger partial charge in [-0.05, 0) is 48.9 Å². The van der Waals surface area contributed by atoms with E-state index in [4.69, 9.17) is 0 Å². The fourth-order valence-electron chi connectivity index (χ4n) is 2.05. The van der Waals surface area contributed by atoms with Gasteiger partial charge in [-0.15, -0.1) is 0 Å². The number of fused-ring (bicyclic) bond motifs is 1. The predicted octanol–water partition coefficient (Wildman–Crippen LogP) is 3.50. The van der Waals surface area contributed by atoms with Crippen molar-refractivity contribution in [1.29, 1.82) is 0 Å². The van der Waals surface area contributed by atoms with Gasteiger partial charge in [0.05, 0.1) is 5.56 Å². The van der Waals surface area contributed by atoms with Crippen molar-refractivity contribution in [3.8, 4) is 0 Å². The van der Waals surface area contributed by atoms with Gasteiger partial charge >= 0.3 is 6.18 Å². The van der Waals surface area contributed by atoms with E-state index in [0.29, 0.717) is 5.56 Å². The zero-order chi connectivity index (χ0) is 10.3. The van der Waals surface area contributed by atoms with E-state index in [1.165, 1.54) is 13.0 Å². The Balaban J connectivity index is 2.53. The summed E-state index contributed by atoms with van der Waals surface area (Å²) in [4.78, 5) is 0. The molecule has 0 saturated carbocycles. The van der Waals surface area contributed by atoms with Gasteiger partial charge in [-0.3, -0.25) is 0 Å². The van der Waals surface area contributed by atoms with E-state index < -0.39 is 11.7 Å². The molecule has 0 N–H and O–H groups in total. The van der Waals surface area contributed by atoms with Gasteiger partial charge in [0.1, 0.15) is 0 Å². The van der Waals surface area contributed by atoms with Crippen molar-refractivity contribution >= 4 is 0 Å². The van der Waals surface area contributed by atoms with Crippen LogP contribution in [0.25, 0.3) is 0 Å². The average molecular weight is 200 g/mol. The highest BCUT2D eigenvalue weighted by molar-refractivity contribution is 5.41. The summed E-state index contributed by atoms with van der Waals surface area (Å²) >= 11 is 0. The molecule has 0 amide bonds. The molecule has 76 valence electrons. The number of halogens is 3. The molecule has 0 bridgehead atoms. The highest BCUT2D eigenvalue weighted by Gasteiger charge is 2.33. The van der Waals surface area contributed by atoms with E-state index >= 15 is 0 Å². The molecule has 0 fully saturated rings. The van der Waals surface area contributed by atoms with Crippen LogP contribution in [0, 0.1) is 6.92 Å². The summed E-state index contributed by atoms with van der Waals surface area (Å²) in [6.07, 6.45) is -1.51. The molecule has 0 unspecified atom stereocenters. The summed E-state index contributed by atoms with van der Waals surface area (Å²) in [5.74, 6) is 0. The molecule has 14 heavy (non-hydrogen) atoms. The summed E-state index contributed by atoms with van der Waals surface area (Å²) in [5.41, 5.74) is 1.84. The smallest absolute Gasteiger partial charge is 0.166 e. The van der Waals surface area contributed by atoms with Gasteiger partial charge in [0.25, 0.3) is 0 Å². The third kappa shape index (κ3) is 1.51. The molecule has 1 aliphatic rings. The minimum absolute atomic E-state index is 0.346. The fourth-order valence-corrected chi connectivity index (χ4v) is 2.05. The highest BCUT2D eigenvalue weighted by Crippen LogP contribution is 2.35. The van der Waals surface area contributed by atoms with Crippen LogP contribution in [0.3, 0.4) is 0 Å². The monoisotopic (exact) mass is 200 g/mol. The van der Waals surface area contributed by atoms with Crippen LogP contribution >= 0.6 is 0 Å². The van der Waals surface area contributed by atoms with Crippen molar-refractivity contribution in [3.05, 3.63) is 34.4 Å². The Morgan fingerprint density at radius 3 is 2.21 bits per heavy atom. The van der Waals surface area contributed by atoms with Crippen LogP contribution in [0.5, 0.6) is 0 Å². The summed E-state index contributed by atoms with van der Waals surface area (Å²) in [5, 5.41) is 0. The molecule has 0 heterocycles. The largest absolute Gasteiger partial charge is 0.416 e. The molecule has 0 radical (unpaired) electrons. The van der Waals surface area contributed by atoms with Crippen molar-refractivity contribution in [1.82, 2.24) is 0 Å². The van der Waals surface area contributed by atoms with E-state index in [1.54, 1.807) is 6.07 Å². The molecule has 0 nitrogen and oxygen atoms in total. The lowest BCUT2D eigenvalue weighted by Gasteiger charge is -2.12. The van der Waals surface area contributed by atoms with Crippen LogP contribution in [0.1, 0.15) is 28.7 Å². The minimum Gasteiger partial charge on any atom is -0.166 e. The number of aryl methyl sites for hydroxylation is 3. The zero-order valence-corrected chi connectivity index (χ0v) is 7.91. The lowest BCUT2D eigenvalue weighted by Crippen LogP contribution is -2.08. The van der Waals surface area contributed by atoms with Gasteiger partial charge in [-0.2, -0.15) is 13.2 Å². The van der Waals surface area contributed by atoms with E-state index in [-0.39, 0.29) is 0 Å². The van der Waals surface area contributed by atoms with E-state index in [9.17, 15) is 13.2 Å². The fraction of sp³-hybridized carbons (Fsp3) is 0.455. The molecule has 0 aliphatic heterocycles. The van der Waals surface area contributed by atoms with Gasteiger partial charge in [0, 0.05) is 0 Å². The zero-order valence-electron chi connectivity index (χ0n) is 7.91. The first kappa shape index (κ1) is 9.56. The maximum atomic E-state index is 12.5. The minimum atomic E-state index is -4.21. The summed E-state index contributed by atoms with van der Waals surface area (Å²) in [6, 6.07) is 3.00. The van der Waals surface area contributed by atoms with Gasteiger partial charge in [-0.25, -0.2) is 0 Å². The lowest BCUT2D eigenvalue weighted by molar-refractivity contribution is -0.138. The van der Waals surface area contributed by atoms with Crippen molar-refractivity contribution < 1.29 is 13.2 Å². The second-order valence-corrected chi connectivity index (χ2v) is 3.79. The van der Waals surface area contributed by atoms with Crippen molar-refractivity contribution in [3.63, 3.8) is 0 Å². The molecule has 1 aliphatic carbocycles. The molecule has 0 spiro atoms. The van der Waals surface area contributed by atoms with Crippen LogP contribution in [0.2, 0.25) is 0 Å². The van der Waals surface area contributed by atoms with Gasteiger partial charge < -0.3 is 0 Å². The summed E-state index contributed by atoms with van der Waals surface area (Å²) < 4.78 is 37.6. The molecular formula is C11H11F3. The maximum Gasteiger partial charge on any atom is 0.416 e. The number of hydrogen-bond acceptors (Lipinski definition) is 0. The van der Waals surface area contributed by atoms with E-state index in [1.807, 2.05) is 0 Å². The number of rotatable bonds is 0. The van der Waals surface area contributed by atoms with Crippen molar-refractivity contribution in [2.24, 2.45) is 0 Å². The van der Waals surface area contributed by atoms with Crippen LogP contribution in [0.15, 0.2) is 12.1 Å². The Kier molecular flexibility index (Phi) is 2.05. The lowest BCUT2D eigenvalue weighted by atomic mass is 10.0. The Hall–Kier alpha value is -0.990. The van der Waals surface area contributed by atoms with Crippen molar-refractivity contribution in [2.45, 2.75) is 32.4 Å². The Morgan fingerprint density at radius 1 is 1.07 bits per heavy atom. The molecule has 3 heteroatoms. The van der Waals surface area contributed by atoms with Crippen LogP contribution in [0.4, 0.5) is 13.2 Å². The van der Waals surface area contributed by atoms with Gasteiger partial charge in [0.2, 0.25) is 0 Å². The third-order valence-corrected chi connectivity index (χ3v) is 2.74. The Labute approximate surface area is 80.7 Å². The molecule has 0 saturated heterocycles. The quantitative estimate of drug-likeness (QED) is 0.601. The number of benzene rings is 1. The molecule has 2 rings (SSSR count). The standard InChI is InChI=1S/C11H11F3/c1-7-5-8-3-2-4-9(8)6-10(7)11(12,13)14/h5-6H,2-4H2,1H3. The van der Waals surface area contributed by atoms with E-state index in [2.05, 4.69) is 0 Å². The van der Waals surface area contributed by atoms with Crippen LogP contribution in [-0.4, -0.2) is 0 Å². The molecule has 1 aromatic carbocycles. The summed E-state index contributed by atoms with van der Waals surface area (Å²) in [6.45, 7) is 1.53. The Morgan fingerprint density at radius 2 is 1.64 bits per heavy atom. The van der Waals surface area contributed by atoms with E-state index in [0.717, 1.165) is 30.4 Å². The highest BCUT2D eigenvalue weighted by atomic mass is 19.4. The summed E-state index contributed by atoms with van der Waals surface area (Å²) in [7, 11) is 0. The second-order valence-electron chi connectivity index (χ2n) is 3.79. The first-order valence-electron chi connectivity index (χ1n) is 4.68. The average Bonchev–Trinajstić information content (AvgIpc) is 2.47. The topological polar surface area (TPSA) is 0 Å². The van der Waals surface area contributed by atoms with Gasteiger partial charge in [0.15, 0.2) is 0 Å².